The molecule has 0 spiro atoms. The number of ether oxygens (including phenoxy) is 2. The van der Waals surface area contributed by atoms with Crippen molar-refractivity contribution in [3.05, 3.63) is 89.5 Å². The van der Waals surface area contributed by atoms with Crippen LogP contribution in [0.2, 0.25) is 0 Å². The van der Waals surface area contributed by atoms with Gasteiger partial charge in [0.2, 0.25) is 0 Å². The first-order chi connectivity index (χ1) is 13.1. The van der Waals surface area contributed by atoms with Crippen molar-refractivity contribution in [1.29, 1.82) is 0 Å². The summed E-state index contributed by atoms with van der Waals surface area (Å²) in [6.07, 6.45) is 0. The van der Waals surface area contributed by atoms with Crippen LogP contribution in [-0.4, -0.2) is 19.0 Å². The van der Waals surface area contributed by atoms with Crippen LogP contribution in [0.5, 0.6) is 11.5 Å². The van der Waals surface area contributed by atoms with Crippen LogP contribution in [-0.2, 0) is 0 Å². The quantitative estimate of drug-likeness (QED) is 0.538. The molecule has 3 aromatic carbocycles. The number of anilines is 1. The Hall–Kier alpha value is -3.60. The highest BCUT2D eigenvalue weighted by Crippen LogP contribution is 2.23. The fourth-order valence-electron chi connectivity index (χ4n) is 2.54. The third kappa shape index (κ3) is 4.52. The van der Waals surface area contributed by atoms with Crippen LogP contribution < -0.4 is 14.8 Å². The zero-order valence-corrected chi connectivity index (χ0v) is 15.1. The smallest absolute Gasteiger partial charge is 0.347 e. The highest BCUT2D eigenvalue weighted by atomic mass is 16.5. The number of hydrogen-bond acceptors (Lipinski definition) is 4. The maximum Gasteiger partial charge on any atom is 0.347 e. The predicted octanol–water partition coefficient (Wildman–Crippen LogP) is 4.48. The van der Waals surface area contributed by atoms with Crippen molar-refractivity contribution in [2.75, 3.05) is 12.4 Å². The van der Waals surface area contributed by atoms with Crippen LogP contribution >= 0.6 is 0 Å². The van der Waals surface area contributed by atoms with Gasteiger partial charge in [-0.1, -0.05) is 29.8 Å². The Morgan fingerprint density at radius 1 is 0.889 bits per heavy atom. The number of benzene rings is 3. The number of carbonyl (C=O) groups excluding carboxylic acids is 2. The third-order valence-corrected chi connectivity index (χ3v) is 3.93. The second-order valence-corrected chi connectivity index (χ2v) is 5.94. The molecule has 0 bridgehead atoms. The minimum Gasteiger partial charge on any atom is -0.496 e. The first kappa shape index (κ1) is 18.2. The predicted molar refractivity (Wildman–Crippen MR) is 104 cm³/mol. The average molecular weight is 361 g/mol. The van der Waals surface area contributed by atoms with Gasteiger partial charge in [0.25, 0.3) is 5.91 Å². The van der Waals surface area contributed by atoms with E-state index in [9.17, 15) is 9.59 Å². The third-order valence-electron chi connectivity index (χ3n) is 3.93. The molecule has 3 rings (SSSR count). The summed E-state index contributed by atoms with van der Waals surface area (Å²) in [5.41, 5.74) is 2.47. The number of esters is 1. The lowest BCUT2D eigenvalue weighted by Gasteiger charge is -2.10. The molecular weight excluding hydrogens is 342 g/mol. The molecule has 0 radical (unpaired) electrons. The van der Waals surface area contributed by atoms with Crippen LogP contribution in [0.1, 0.15) is 26.3 Å². The first-order valence-electron chi connectivity index (χ1n) is 8.40. The lowest BCUT2D eigenvalue weighted by Crippen LogP contribution is -2.12. The Kier molecular flexibility index (Phi) is 5.52. The van der Waals surface area contributed by atoms with Gasteiger partial charge in [0.05, 0.1) is 7.11 Å². The number of methoxy groups -OCH3 is 1. The van der Waals surface area contributed by atoms with E-state index in [2.05, 4.69) is 5.32 Å². The average Bonchev–Trinajstić information content (AvgIpc) is 2.70. The Bertz CT molecular complexity index is 950. The SMILES string of the molecule is COc1ccc(C)cc1C(=O)Oc1ccc(NC(=O)c2ccccc2)cc1. The van der Waals surface area contributed by atoms with E-state index in [4.69, 9.17) is 9.47 Å². The molecule has 5 heteroatoms. The molecule has 1 N–H and O–H groups in total. The van der Waals surface area contributed by atoms with Crippen LogP contribution in [0.3, 0.4) is 0 Å². The van der Waals surface area contributed by atoms with Crippen LogP contribution in [0, 0.1) is 6.92 Å². The van der Waals surface area contributed by atoms with E-state index >= 15 is 0 Å². The van der Waals surface area contributed by atoms with E-state index in [0.29, 0.717) is 28.3 Å². The standard InChI is InChI=1S/C22H19NO4/c1-15-8-13-20(26-2)19(14-15)22(25)27-18-11-9-17(10-12-18)23-21(24)16-6-4-3-5-7-16/h3-14H,1-2H3,(H,23,24). The molecule has 0 aromatic heterocycles. The summed E-state index contributed by atoms with van der Waals surface area (Å²) < 4.78 is 10.6. The minimum atomic E-state index is -0.503. The summed E-state index contributed by atoms with van der Waals surface area (Å²) in [6, 6.07) is 20.8. The summed E-state index contributed by atoms with van der Waals surface area (Å²) in [7, 11) is 1.51. The van der Waals surface area contributed by atoms with Crippen molar-refractivity contribution in [3.8, 4) is 11.5 Å². The summed E-state index contributed by atoms with van der Waals surface area (Å²) in [5.74, 6) is 0.125. The number of hydrogen-bond donors (Lipinski definition) is 1. The summed E-state index contributed by atoms with van der Waals surface area (Å²) >= 11 is 0. The van der Waals surface area contributed by atoms with Gasteiger partial charge >= 0.3 is 5.97 Å². The molecule has 0 aliphatic heterocycles. The van der Waals surface area contributed by atoms with Crippen LogP contribution in [0.15, 0.2) is 72.8 Å². The molecule has 0 heterocycles. The largest absolute Gasteiger partial charge is 0.496 e. The van der Waals surface area contributed by atoms with E-state index in [1.165, 1.54) is 7.11 Å². The van der Waals surface area contributed by atoms with Crippen molar-refractivity contribution in [3.63, 3.8) is 0 Å². The molecule has 136 valence electrons. The van der Waals surface area contributed by atoms with E-state index in [1.54, 1.807) is 60.7 Å². The normalized spacial score (nSPS) is 10.1. The van der Waals surface area contributed by atoms with Gasteiger partial charge in [0.15, 0.2) is 0 Å². The monoisotopic (exact) mass is 361 g/mol. The molecule has 0 unspecified atom stereocenters. The van der Waals surface area contributed by atoms with Gasteiger partial charge in [-0.2, -0.15) is 0 Å². The van der Waals surface area contributed by atoms with Crippen LogP contribution in [0.25, 0.3) is 0 Å². The summed E-state index contributed by atoms with van der Waals surface area (Å²) in [5, 5.41) is 2.80. The van der Waals surface area contributed by atoms with Gasteiger partial charge in [0, 0.05) is 11.3 Å². The lowest BCUT2D eigenvalue weighted by molar-refractivity contribution is 0.0731. The molecule has 0 saturated carbocycles. The lowest BCUT2D eigenvalue weighted by atomic mass is 10.1. The van der Waals surface area contributed by atoms with E-state index in [1.807, 2.05) is 19.1 Å². The number of carbonyl (C=O) groups is 2. The van der Waals surface area contributed by atoms with Gasteiger partial charge in [-0.25, -0.2) is 4.79 Å². The van der Waals surface area contributed by atoms with Crippen molar-refractivity contribution in [2.45, 2.75) is 6.92 Å². The van der Waals surface area contributed by atoms with E-state index in [-0.39, 0.29) is 5.91 Å². The number of rotatable bonds is 5. The topological polar surface area (TPSA) is 64.6 Å². The highest BCUT2D eigenvalue weighted by molar-refractivity contribution is 6.04. The fraction of sp³-hybridized carbons (Fsp3) is 0.0909. The molecule has 1 amide bonds. The zero-order chi connectivity index (χ0) is 19.2. The van der Waals surface area contributed by atoms with Gasteiger partial charge in [-0.3, -0.25) is 4.79 Å². The molecule has 0 aliphatic rings. The van der Waals surface area contributed by atoms with Crippen LogP contribution in [0.4, 0.5) is 5.69 Å². The summed E-state index contributed by atoms with van der Waals surface area (Å²) in [6.45, 7) is 1.89. The van der Waals surface area contributed by atoms with Gasteiger partial charge in [0.1, 0.15) is 17.1 Å². The van der Waals surface area contributed by atoms with Gasteiger partial charge in [-0.15, -0.1) is 0 Å². The maximum atomic E-state index is 12.4. The molecule has 0 aliphatic carbocycles. The molecule has 5 nitrogen and oxygen atoms in total. The molecular formula is C22H19NO4. The number of nitrogens with one attached hydrogen (secondary N) is 1. The van der Waals surface area contributed by atoms with Gasteiger partial charge in [-0.05, 0) is 55.5 Å². The maximum absolute atomic E-state index is 12.4. The minimum absolute atomic E-state index is 0.204. The Balaban J connectivity index is 1.68. The fourth-order valence-corrected chi connectivity index (χ4v) is 2.54. The van der Waals surface area contributed by atoms with Crippen molar-refractivity contribution < 1.29 is 19.1 Å². The Morgan fingerprint density at radius 2 is 1.59 bits per heavy atom. The molecule has 0 fully saturated rings. The van der Waals surface area contributed by atoms with E-state index in [0.717, 1.165) is 5.56 Å². The zero-order valence-electron chi connectivity index (χ0n) is 15.1. The Labute approximate surface area is 157 Å². The van der Waals surface area contributed by atoms with Crippen molar-refractivity contribution in [2.24, 2.45) is 0 Å². The van der Waals surface area contributed by atoms with Gasteiger partial charge < -0.3 is 14.8 Å². The summed E-state index contributed by atoms with van der Waals surface area (Å²) in [4.78, 5) is 24.6. The van der Waals surface area contributed by atoms with Crippen molar-refractivity contribution in [1.82, 2.24) is 0 Å². The second kappa shape index (κ2) is 8.19. The molecule has 3 aromatic rings. The molecule has 0 atom stereocenters. The highest BCUT2D eigenvalue weighted by Gasteiger charge is 2.15. The van der Waals surface area contributed by atoms with Crippen molar-refractivity contribution >= 4 is 17.6 Å². The molecule has 27 heavy (non-hydrogen) atoms. The Morgan fingerprint density at radius 3 is 2.26 bits per heavy atom. The molecule has 0 saturated heterocycles. The second-order valence-electron chi connectivity index (χ2n) is 5.94. The number of amides is 1. The number of aryl methyl sites for hydroxylation is 1. The first-order valence-corrected chi connectivity index (χ1v) is 8.40. The van der Waals surface area contributed by atoms with E-state index < -0.39 is 5.97 Å².